The topological polar surface area (TPSA) is 69.5 Å². The summed E-state index contributed by atoms with van der Waals surface area (Å²) < 4.78 is 16.0. The van der Waals surface area contributed by atoms with Crippen LogP contribution in [-0.2, 0) is 19.0 Å². The first-order valence-corrected chi connectivity index (χ1v) is 7.12. The fourth-order valence-electron chi connectivity index (χ4n) is 1.87. The van der Waals surface area contributed by atoms with Crippen LogP contribution in [0.5, 0.6) is 0 Å². The molecule has 1 aliphatic heterocycles. The lowest BCUT2D eigenvalue weighted by Crippen LogP contribution is -2.42. The molecule has 1 aliphatic rings. The van der Waals surface area contributed by atoms with Gasteiger partial charge in [0.15, 0.2) is 0 Å². The molecule has 0 aromatic heterocycles. The zero-order chi connectivity index (χ0) is 15.1. The van der Waals surface area contributed by atoms with Crippen LogP contribution in [0.1, 0.15) is 34.6 Å². The van der Waals surface area contributed by atoms with E-state index < -0.39 is 12.0 Å². The smallest absolute Gasteiger partial charge is 0.340 e. The van der Waals surface area contributed by atoms with Crippen molar-refractivity contribution in [3.63, 3.8) is 0 Å². The molecule has 0 bridgehead atoms. The molecule has 1 heterocycles. The van der Waals surface area contributed by atoms with Crippen LogP contribution in [0.4, 0.5) is 0 Å². The summed E-state index contributed by atoms with van der Waals surface area (Å²) in [6.45, 7) is 10.7. The van der Waals surface area contributed by atoms with Gasteiger partial charge in [-0.3, -0.25) is 0 Å². The highest BCUT2D eigenvalue weighted by molar-refractivity contribution is 6.07. The zero-order valence-corrected chi connectivity index (χ0v) is 12.9. The first-order valence-electron chi connectivity index (χ1n) is 7.12. The molecule has 2 atom stereocenters. The number of hydrogen-bond acceptors (Lipinski definition) is 6. The van der Waals surface area contributed by atoms with Crippen LogP contribution in [0.2, 0.25) is 0 Å². The van der Waals surface area contributed by atoms with Crippen molar-refractivity contribution >= 4 is 17.8 Å². The fraction of sp³-hybridized carbons (Fsp3) is 0.786. The van der Waals surface area contributed by atoms with Gasteiger partial charge in [0.05, 0.1) is 19.8 Å². The Hall–Kier alpha value is -1.59. The highest BCUT2D eigenvalue weighted by atomic mass is 16.5. The molecule has 114 valence electrons. The lowest BCUT2D eigenvalue weighted by atomic mass is 10.0. The third-order valence-corrected chi connectivity index (χ3v) is 2.74. The van der Waals surface area contributed by atoms with Crippen molar-refractivity contribution < 1.29 is 19.0 Å². The quantitative estimate of drug-likeness (QED) is 0.722. The SMILES string of the molecule is CCOC(=O)C1N=C(OCC)C(C(C)C)N=C1OCC. The van der Waals surface area contributed by atoms with E-state index in [1.54, 1.807) is 6.92 Å². The van der Waals surface area contributed by atoms with Gasteiger partial charge < -0.3 is 14.2 Å². The second-order valence-electron chi connectivity index (χ2n) is 4.64. The Labute approximate surface area is 120 Å². The van der Waals surface area contributed by atoms with Crippen molar-refractivity contribution in [1.82, 2.24) is 0 Å². The molecule has 6 nitrogen and oxygen atoms in total. The maximum atomic E-state index is 12.0. The molecule has 0 fully saturated rings. The van der Waals surface area contributed by atoms with Crippen molar-refractivity contribution in [2.45, 2.75) is 46.7 Å². The summed E-state index contributed by atoms with van der Waals surface area (Å²) in [6.07, 6.45) is 0. The molecule has 0 radical (unpaired) electrons. The molecule has 0 aromatic carbocycles. The minimum atomic E-state index is -0.855. The van der Waals surface area contributed by atoms with Crippen molar-refractivity contribution in [3.8, 4) is 0 Å². The highest BCUT2D eigenvalue weighted by Gasteiger charge is 2.36. The predicted octanol–water partition coefficient (Wildman–Crippen LogP) is 1.83. The maximum Gasteiger partial charge on any atom is 0.340 e. The van der Waals surface area contributed by atoms with Gasteiger partial charge >= 0.3 is 5.97 Å². The van der Waals surface area contributed by atoms with Crippen molar-refractivity contribution in [2.24, 2.45) is 15.9 Å². The monoisotopic (exact) mass is 284 g/mol. The number of ether oxygens (including phenoxy) is 3. The second kappa shape index (κ2) is 7.87. The normalized spacial score (nSPS) is 22.1. The molecule has 0 saturated carbocycles. The predicted molar refractivity (Wildman–Crippen MR) is 77.2 cm³/mol. The number of esters is 1. The molecular formula is C14H24N2O4. The molecule has 2 unspecified atom stereocenters. The van der Waals surface area contributed by atoms with Gasteiger partial charge in [-0.15, -0.1) is 0 Å². The van der Waals surface area contributed by atoms with E-state index >= 15 is 0 Å². The zero-order valence-electron chi connectivity index (χ0n) is 12.9. The molecule has 0 aliphatic carbocycles. The molecule has 1 rings (SSSR count). The third-order valence-electron chi connectivity index (χ3n) is 2.74. The lowest BCUT2D eigenvalue weighted by molar-refractivity contribution is -0.143. The van der Waals surface area contributed by atoms with E-state index in [0.29, 0.717) is 31.6 Å². The fourth-order valence-corrected chi connectivity index (χ4v) is 1.87. The summed E-state index contributed by atoms with van der Waals surface area (Å²) in [5.41, 5.74) is 0. The van der Waals surface area contributed by atoms with Crippen LogP contribution in [0, 0.1) is 5.92 Å². The van der Waals surface area contributed by atoms with E-state index in [0.717, 1.165) is 0 Å². The first-order chi connectivity index (χ1) is 9.54. The van der Waals surface area contributed by atoms with Crippen LogP contribution < -0.4 is 0 Å². The molecule has 20 heavy (non-hydrogen) atoms. The van der Waals surface area contributed by atoms with Crippen molar-refractivity contribution in [1.29, 1.82) is 0 Å². The Bertz CT molecular complexity index is 391. The highest BCUT2D eigenvalue weighted by Crippen LogP contribution is 2.18. The molecule has 0 amide bonds. The van der Waals surface area contributed by atoms with Crippen LogP contribution in [-0.4, -0.2) is 49.7 Å². The van der Waals surface area contributed by atoms with Gasteiger partial charge in [-0.2, -0.15) is 0 Å². The van der Waals surface area contributed by atoms with Gasteiger partial charge in [0.25, 0.3) is 0 Å². The molecular weight excluding hydrogens is 260 g/mol. The average Bonchev–Trinajstić information content (AvgIpc) is 2.40. The Morgan fingerprint density at radius 3 is 2.15 bits per heavy atom. The molecule has 0 aromatic rings. The Balaban J connectivity index is 3.05. The summed E-state index contributed by atoms with van der Waals surface area (Å²) in [6, 6.07) is -1.08. The van der Waals surface area contributed by atoms with E-state index in [-0.39, 0.29) is 12.0 Å². The van der Waals surface area contributed by atoms with E-state index in [1.807, 2.05) is 27.7 Å². The summed E-state index contributed by atoms with van der Waals surface area (Å²) in [5.74, 6) is 0.537. The van der Waals surface area contributed by atoms with Gasteiger partial charge in [-0.25, -0.2) is 14.8 Å². The standard InChI is InChI=1S/C14H24N2O4/c1-6-18-12-10(9(4)5)15-13(19-7-2)11(16-12)14(17)20-8-3/h9-11H,6-8H2,1-5H3. The van der Waals surface area contributed by atoms with Crippen LogP contribution in [0.3, 0.4) is 0 Å². The summed E-state index contributed by atoms with van der Waals surface area (Å²) >= 11 is 0. The van der Waals surface area contributed by atoms with Crippen molar-refractivity contribution in [2.75, 3.05) is 19.8 Å². The molecule has 0 spiro atoms. The van der Waals surface area contributed by atoms with Gasteiger partial charge in [0.2, 0.25) is 17.8 Å². The van der Waals surface area contributed by atoms with Gasteiger partial charge in [-0.05, 0) is 26.7 Å². The summed E-state index contributed by atoms with van der Waals surface area (Å²) in [4.78, 5) is 20.8. The minimum absolute atomic E-state index is 0.207. The number of aliphatic imine (C=N–C) groups is 2. The second-order valence-corrected chi connectivity index (χ2v) is 4.64. The summed E-state index contributed by atoms with van der Waals surface area (Å²) in [7, 11) is 0. The molecule has 0 N–H and O–H groups in total. The molecule has 0 saturated heterocycles. The number of hydrogen-bond donors (Lipinski definition) is 0. The first kappa shape index (κ1) is 16.5. The van der Waals surface area contributed by atoms with Gasteiger partial charge in [0, 0.05) is 0 Å². The number of nitrogens with zero attached hydrogens (tertiary/aromatic N) is 2. The third kappa shape index (κ3) is 3.95. The largest absolute Gasteiger partial charge is 0.480 e. The van der Waals surface area contributed by atoms with E-state index in [1.165, 1.54) is 0 Å². The Morgan fingerprint density at radius 1 is 1.05 bits per heavy atom. The maximum absolute atomic E-state index is 12.0. The minimum Gasteiger partial charge on any atom is -0.480 e. The average molecular weight is 284 g/mol. The number of rotatable bonds is 5. The molecule has 6 heteroatoms. The van der Waals surface area contributed by atoms with E-state index in [9.17, 15) is 4.79 Å². The van der Waals surface area contributed by atoms with Crippen LogP contribution in [0.25, 0.3) is 0 Å². The van der Waals surface area contributed by atoms with Crippen molar-refractivity contribution in [3.05, 3.63) is 0 Å². The number of carbonyl (C=O) groups is 1. The van der Waals surface area contributed by atoms with Crippen LogP contribution >= 0.6 is 0 Å². The van der Waals surface area contributed by atoms with Gasteiger partial charge in [-0.1, -0.05) is 13.8 Å². The number of carbonyl (C=O) groups excluding carboxylic acids is 1. The summed E-state index contributed by atoms with van der Waals surface area (Å²) in [5, 5.41) is 0. The Morgan fingerprint density at radius 2 is 1.65 bits per heavy atom. The van der Waals surface area contributed by atoms with Crippen LogP contribution in [0.15, 0.2) is 9.98 Å². The lowest BCUT2D eigenvalue weighted by Gasteiger charge is -2.27. The Kier molecular flexibility index (Phi) is 6.48. The van der Waals surface area contributed by atoms with E-state index in [2.05, 4.69) is 9.98 Å². The van der Waals surface area contributed by atoms with E-state index in [4.69, 9.17) is 14.2 Å². The van der Waals surface area contributed by atoms with Gasteiger partial charge in [0.1, 0.15) is 6.04 Å².